The predicted molar refractivity (Wildman–Crippen MR) is 106 cm³/mol. The largest absolute Gasteiger partial charge is 0.507 e. The van der Waals surface area contributed by atoms with Crippen molar-refractivity contribution in [2.45, 2.75) is 37.8 Å². The van der Waals surface area contributed by atoms with Crippen molar-refractivity contribution in [2.75, 3.05) is 11.9 Å². The van der Waals surface area contributed by atoms with E-state index < -0.39 is 0 Å². The van der Waals surface area contributed by atoms with Gasteiger partial charge in [-0.3, -0.25) is 5.10 Å². The monoisotopic (exact) mass is 377 g/mol. The minimum Gasteiger partial charge on any atom is -0.507 e. The summed E-state index contributed by atoms with van der Waals surface area (Å²) in [4.78, 5) is 4.38. The van der Waals surface area contributed by atoms with Crippen molar-refractivity contribution in [3.05, 3.63) is 36.8 Å². The molecule has 1 aromatic carbocycles. The van der Waals surface area contributed by atoms with Crippen molar-refractivity contribution in [3.8, 4) is 28.1 Å². The number of aromatic hydroxyl groups is 1. The molecule has 0 amide bonds. The molecule has 8 heteroatoms. The summed E-state index contributed by atoms with van der Waals surface area (Å²) < 4.78 is 0. The standard InChI is InChI=1S/C20H23N7O/c28-19-7-13(14-9-23-24-10-14)1-4-17(19)18-11-22-20(27-26-18)21-8-12-5-15-2-3-16(6-12)25-15/h1,4,7,9-12,15-16,25,28H,2-3,5-6,8H2,(H,23,24)(H,21,22,27). The molecule has 2 unspecified atom stereocenters. The number of fused-ring (bicyclic) bond motifs is 2. The van der Waals surface area contributed by atoms with Gasteiger partial charge in [0.2, 0.25) is 5.95 Å². The summed E-state index contributed by atoms with van der Waals surface area (Å²) in [6.45, 7) is 0.875. The summed E-state index contributed by atoms with van der Waals surface area (Å²) in [6.07, 6.45) is 10.2. The highest BCUT2D eigenvalue weighted by Gasteiger charge is 2.33. The van der Waals surface area contributed by atoms with Gasteiger partial charge in [0.05, 0.1) is 12.4 Å². The molecule has 0 spiro atoms. The minimum atomic E-state index is 0.140. The number of aromatic amines is 1. The smallest absolute Gasteiger partial charge is 0.242 e. The highest BCUT2D eigenvalue weighted by atomic mass is 16.3. The van der Waals surface area contributed by atoms with Crippen LogP contribution in [0.25, 0.3) is 22.4 Å². The lowest BCUT2D eigenvalue weighted by Crippen LogP contribution is -2.40. The van der Waals surface area contributed by atoms with E-state index in [4.69, 9.17) is 0 Å². The van der Waals surface area contributed by atoms with E-state index in [9.17, 15) is 5.11 Å². The Morgan fingerprint density at radius 2 is 1.93 bits per heavy atom. The average molecular weight is 377 g/mol. The van der Waals surface area contributed by atoms with Crippen molar-refractivity contribution in [1.29, 1.82) is 0 Å². The Balaban J connectivity index is 1.25. The highest BCUT2D eigenvalue weighted by molar-refractivity contribution is 5.73. The van der Waals surface area contributed by atoms with Gasteiger partial charge in [0.1, 0.15) is 11.4 Å². The number of piperidine rings is 1. The van der Waals surface area contributed by atoms with Crippen LogP contribution in [0.5, 0.6) is 5.75 Å². The van der Waals surface area contributed by atoms with Crippen molar-refractivity contribution >= 4 is 5.95 Å². The van der Waals surface area contributed by atoms with Crippen LogP contribution in [0.2, 0.25) is 0 Å². The summed E-state index contributed by atoms with van der Waals surface area (Å²) >= 11 is 0. The van der Waals surface area contributed by atoms with Crippen LogP contribution in [0.1, 0.15) is 25.7 Å². The summed E-state index contributed by atoms with van der Waals surface area (Å²) in [5.74, 6) is 1.33. The Hall–Kier alpha value is -3.00. The van der Waals surface area contributed by atoms with Crippen LogP contribution >= 0.6 is 0 Å². The zero-order chi connectivity index (χ0) is 18.9. The SMILES string of the molecule is Oc1cc(-c2cn[nH]c2)ccc1-c1cnc(NCC2CC3CCC(C2)N3)nn1. The molecule has 2 aliphatic heterocycles. The third-order valence-corrected chi connectivity index (χ3v) is 5.79. The van der Waals surface area contributed by atoms with E-state index in [1.165, 1.54) is 25.7 Å². The number of hydrogen-bond donors (Lipinski definition) is 4. The van der Waals surface area contributed by atoms with Gasteiger partial charge in [-0.15, -0.1) is 10.2 Å². The highest BCUT2D eigenvalue weighted by Crippen LogP contribution is 2.32. The molecule has 28 heavy (non-hydrogen) atoms. The first-order chi connectivity index (χ1) is 13.7. The molecule has 2 aliphatic rings. The third kappa shape index (κ3) is 3.43. The molecule has 8 nitrogen and oxygen atoms in total. The average Bonchev–Trinajstić information content (AvgIpc) is 3.37. The fourth-order valence-electron chi connectivity index (χ4n) is 4.39. The molecule has 2 saturated heterocycles. The van der Waals surface area contributed by atoms with Gasteiger partial charge in [-0.25, -0.2) is 4.98 Å². The predicted octanol–water partition coefficient (Wildman–Crippen LogP) is 2.58. The van der Waals surface area contributed by atoms with Crippen molar-refractivity contribution < 1.29 is 5.11 Å². The van der Waals surface area contributed by atoms with Crippen LogP contribution in [-0.4, -0.2) is 49.1 Å². The lowest BCUT2D eigenvalue weighted by molar-refractivity contribution is 0.310. The normalized spacial score (nSPS) is 23.6. The molecular weight excluding hydrogens is 354 g/mol. The van der Waals surface area contributed by atoms with Crippen LogP contribution < -0.4 is 10.6 Å². The number of benzene rings is 1. The number of nitrogens with zero attached hydrogens (tertiary/aromatic N) is 4. The Bertz CT molecular complexity index is 930. The van der Waals surface area contributed by atoms with Gasteiger partial charge in [-0.2, -0.15) is 5.10 Å². The Morgan fingerprint density at radius 1 is 1.07 bits per heavy atom. The molecule has 0 saturated carbocycles. The van der Waals surface area contributed by atoms with Gasteiger partial charge in [0.25, 0.3) is 0 Å². The molecular formula is C20H23N7O. The molecule has 4 heterocycles. The van der Waals surface area contributed by atoms with Gasteiger partial charge >= 0.3 is 0 Å². The van der Waals surface area contributed by atoms with Crippen LogP contribution in [-0.2, 0) is 0 Å². The topological polar surface area (TPSA) is 112 Å². The third-order valence-electron chi connectivity index (χ3n) is 5.79. The number of rotatable bonds is 5. The number of hydrogen-bond acceptors (Lipinski definition) is 7. The quantitative estimate of drug-likeness (QED) is 0.541. The molecule has 3 aromatic rings. The van der Waals surface area contributed by atoms with E-state index >= 15 is 0 Å². The van der Waals surface area contributed by atoms with E-state index in [0.29, 0.717) is 35.2 Å². The molecule has 4 N–H and O–H groups in total. The number of nitrogens with one attached hydrogen (secondary N) is 3. The van der Waals surface area contributed by atoms with Crippen LogP contribution in [0, 0.1) is 5.92 Å². The first kappa shape index (κ1) is 17.1. The summed E-state index contributed by atoms with van der Waals surface area (Å²) in [5, 5.41) is 32.5. The lowest BCUT2D eigenvalue weighted by Gasteiger charge is -2.29. The molecule has 0 radical (unpaired) electrons. The molecule has 2 bridgehead atoms. The fourth-order valence-corrected chi connectivity index (χ4v) is 4.39. The molecule has 144 valence electrons. The van der Waals surface area contributed by atoms with Gasteiger partial charge in [-0.1, -0.05) is 6.07 Å². The van der Waals surface area contributed by atoms with E-state index in [1.807, 2.05) is 12.1 Å². The second-order valence-corrected chi connectivity index (χ2v) is 7.74. The number of anilines is 1. The summed E-state index contributed by atoms with van der Waals surface area (Å²) in [5.41, 5.74) is 2.94. The van der Waals surface area contributed by atoms with Gasteiger partial charge in [0, 0.05) is 36.0 Å². The van der Waals surface area contributed by atoms with Gasteiger partial charge in [-0.05, 0) is 49.3 Å². The number of H-pyrrole nitrogens is 1. The van der Waals surface area contributed by atoms with E-state index in [-0.39, 0.29) is 5.75 Å². The Kier molecular flexibility index (Phi) is 4.40. The fraction of sp³-hybridized carbons (Fsp3) is 0.400. The molecule has 5 rings (SSSR count). The summed E-state index contributed by atoms with van der Waals surface area (Å²) in [7, 11) is 0. The van der Waals surface area contributed by atoms with Crippen LogP contribution in [0.3, 0.4) is 0 Å². The van der Waals surface area contributed by atoms with Crippen LogP contribution in [0.15, 0.2) is 36.8 Å². The number of phenolic OH excluding ortho intramolecular Hbond substituents is 1. The van der Waals surface area contributed by atoms with Crippen LogP contribution in [0.4, 0.5) is 5.95 Å². The second-order valence-electron chi connectivity index (χ2n) is 7.74. The maximum Gasteiger partial charge on any atom is 0.242 e. The maximum absolute atomic E-state index is 10.4. The molecule has 2 atom stereocenters. The van der Waals surface area contributed by atoms with E-state index in [2.05, 4.69) is 36.0 Å². The minimum absolute atomic E-state index is 0.140. The van der Waals surface area contributed by atoms with Gasteiger partial charge < -0.3 is 15.7 Å². The number of phenols is 1. The van der Waals surface area contributed by atoms with E-state index in [1.54, 1.807) is 24.7 Å². The van der Waals surface area contributed by atoms with Crippen molar-refractivity contribution in [3.63, 3.8) is 0 Å². The van der Waals surface area contributed by atoms with Crippen molar-refractivity contribution in [1.82, 2.24) is 30.7 Å². The zero-order valence-electron chi connectivity index (χ0n) is 15.5. The maximum atomic E-state index is 10.4. The molecule has 2 aromatic heterocycles. The Morgan fingerprint density at radius 3 is 2.61 bits per heavy atom. The summed E-state index contributed by atoms with van der Waals surface area (Å²) in [6, 6.07) is 6.79. The lowest BCUT2D eigenvalue weighted by atomic mass is 9.92. The second kappa shape index (κ2) is 7.20. The first-order valence-electron chi connectivity index (χ1n) is 9.77. The Labute approximate surface area is 162 Å². The van der Waals surface area contributed by atoms with Crippen molar-refractivity contribution in [2.24, 2.45) is 5.92 Å². The van der Waals surface area contributed by atoms with Gasteiger partial charge in [0.15, 0.2) is 0 Å². The molecule has 2 fully saturated rings. The first-order valence-corrected chi connectivity index (χ1v) is 9.77. The zero-order valence-corrected chi connectivity index (χ0v) is 15.5. The number of aromatic nitrogens is 5. The van der Waals surface area contributed by atoms with E-state index in [0.717, 1.165) is 17.7 Å². The molecule has 0 aliphatic carbocycles.